The van der Waals surface area contributed by atoms with E-state index in [1.54, 1.807) is 0 Å². The van der Waals surface area contributed by atoms with Crippen molar-refractivity contribution < 1.29 is 4.79 Å². The largest absolute Gasteiger partial charge is 0.324 e. The Kier molecular flexibility index (Phi) is 2.39. The second kappa shape index (κ2) is 3.70. The summed E-state index contributed by atoms with van der Waals surface area (Å²) in [5.41, 5.74) is 0.994. The fourth-order valence-corrected chi connectivity index (χ4v) is 1.72. The van der Waals surface area contributed by atoms with Crippen LogP contribution in [0.2, 0.25) is 0 Å². The van der Waals surface area contributed by atoms with Crippen LogP contribution in [-0.2, 0) is 0 Å². The van der Waals surface area contributed by atoms with Gasteiger partial charge in [-0.2, -0.15) is 0 Å². The molecule has 0 radical (unpaired) electrons. The third-order valence-electron chi connectivity index (χ3n) is 2.54. The number of benzene rings is 1. The van der Waals surface area contributed by atoms with Gasteiger partial charge >= 0.3 is 6.03 Å². The van der Waals surface area contributed by atoms with E-state index in [0.717, 1.165) is 25.3 Å². The number of carbonyl (C=O) groups excluding carboxylic acids is 1. The van der Waals surface area contributed by atoms with Gasteiger partial charge in [0.25, 0.3) is 0 Å². The Balaban J connectivity index is 2.18. The maximum atomic E-state index is 11.8. The van der Waals surface area contributed by atoms with Gasteiger partial charge in [-0.1, -0.05) is 18.2 Å². The lowest BCUT2D eigenvalue weighted by Gasteiger charge is -2.17. The van der Waals surface area contributed by atoms with Crippen molar-refractivity contribution in [3.05, 3.63) is 30.3 Å². The number of amides is 2. The van der Waals surface area contributed by atoms with E-state index in [0.29, 0.717) is 0 Å². The van der Waals surface area contributed by atoms with Crippen LogP contribution in [0.5, 0.6) is 0 Å². The zero-order valence-electron chi connectivity index (χ0n) is 8.31. The van der Waals surface area contributed by atoms with Crippen molar-refractivity contribution >= 4 is 11.7 Å². The van der Waals surface area contributed by atoms with Crippen molar-refractivity contribution in [3.63, 3.8) is 0 Å². The maximum Gasteiger partial charge on any atom is 0.324 e. The SMILES string of the molecule is CCN1CCN(c2ccccc2)C1=O. The summed E-state index contributed by atoms with van der Waals surface area (Å²) in [4.78, 5) is 15.5. The van der Waals surface area contributed by atoms with Crippen molar-refractivity contribution in [3.8, 4) is 0 Å². The molecule has 1 aromatic carbocycles. The summed E-state index contributed by atoms with van der Waals surface area (Å²) in [6, 6.07) is 9.93. The van der Waals surface area contributed by atoms with Gasteiger partial charge in [0.2, 0.25) is 0 Å². The van der Waals surface area contributed by atoms with Gasteiger partial charge in [0, 0.05) is 25.3 Å². The van der Waals surface area contributed by atoms with Crippen LogP contribution in [-0.4, -0.2) is 30.6 Å². The quantitative estimate of drug-likeness (QED) is 0.699. The molecule has 0 bridgehead atoms. The molecular weight excluding hydrogens is 176 g/mol. The smallest absolute Gasteiger partial charge is 0.323 e. The fraction of sp³-hybridized carbons (Fsp3) is 0.364. The molecule has 0 N–H and O–H groups in total. The summed E-state index contributed by atoms with van der Waals surface area (Å²) in [6.45, 7) is 4.44. The zero-order valence-corrected chi connectivity index (χ0v) is 8.31. The summed E-state index contributed by atoms with van der Waals surface area (Å²) in [5, 5.41) is 0. The molecule has 1 heterocycles. The van der Waals surface area contributed by atoms with Gasteiger partial charge in [0.15, 0.2) is 0 Å². The highest BCUT2D eigenvalue weighted by Gasteiger charge is 2.27. The molecule has 0 spiro atoms. The molecule has 1 aliphatic heterocycles. The first kappa shape index (κ1) is 9.06. The molecule has 0 aliphatic carbocycles. The molecule has 0 unspecified atom stereocenters. The molecule has 2 amide bonds. The van der Waals surface area contributed by atoms with Gasteiger partial charge in [0.05, 0.1) is 0 Å². The molecular formula is C11H14N2O. The second-order valence-electron chi connectivity index (χ2n) is 3.35. The lowest BCUT2D eigenvalue weighted by molar-refractivity contribution is 0.223. The van der Waals surface area contributed by atoms with Crippen LogP contribution in [0.25, 0.3) is 0 Å². The number of anilines is 1. The van der Waals surface area contributed by atoms with E-state index in [9.17, 15) is 4.79 Å². The summed E-state index contributed by atoms with van der Waals surface area (Å²) in [6.07, 6.45) is 0. The molecule has 0 atom stereocenters. The lowest BCUT2D eigenvalue weighted by atomic mass is 10.3. The average molecular weight is 190 g/mol. The summed E-state index contributed by atoms with van der Waals surface area (Å²) in [5.74, 6) is 0. The minimum Gasteiger partial charge on any atom is -0.323 e. The predicted octanol–water partition coefficient (Wildman–Crippen LogP) is 1.95. The Hall–Kier alpha value is -1.51. The molecule has 3 nitrogen and oxygen atoms in total. The molecule has 74 valence electrons. The summed E-state index contributed by atoms with van der Waals surface area (Å²) in [7, 11) is 0. The number of hydrogen-bond acceptors (Lipinski definition) is 1. The van der Waals surface area contributed by atoms with Gasteiger partial charge in [-0.05, 0) is 19.1 Å². The molecule has 2 rings (SSSR count). The molecule has 1 saturated heterocycles. The van der Waals surface area contributed by atoms with E-state index in [4.69, 9.17) is 0 Å². The molecule has 0 aromatic heterocycles. The van der Waals surface area contributed by atoms with E-state index < -0.39 is 0 Å². The number of hydrogen-bond donors (Lipinski definition) is 0. The standard InChI is InChI=1S/C11H14N2O/c1-2-12-8-9-13(11(12)14)10-6-4-3-5-7-10/h3-7H,2,8-9H2,1H3. The topological polar surface area (TPSA) is 23.6 Å². The molecule has 3 heteroatoms. The molecule has 0 saturated carbocycles. The highest BCUT2D eigenvalue weighted by molar-refractivity contribution is 5.94. The second-order valence-corrected chi connectivity index (χ2v) is 3.35. The highest BCUT2D eigenvalue weighted by atomic mass is 16.2. The van der Waals surface area contributed by atoms with Gasteiger partial charge in [-0.3, -0.25) is 4.90 Å². The van der Waals surface area contributed by atoms with Crippen LogP contribution in [0.1, 0.15) is 6.92 Å². The number of para-hydroxylation sites is 1. The monoisotopic (exact) mass is 190 g/mol. The van der Waals surface area contributed by atoms with Crippen LogP contribution in [0.3, 0.4) is 0 Å². The van der Waals surface area contributed by atoms with Crippen molar-refractivity contribution in [2.24, 2.45) is 0 Å². The van der Waals surface area contributed by atoms with Crippen LogP contribution in [0.15, 0.2) is 30.3 Å². The Bertz CT molecular complexity index is 323. The third-order valence-corrected chi connectivity index (χ3v) is 2.54. The fourth-order valence-electron chi connectivity index (χ4n) is 1.72. The first-order valence-electron chi connectivity index (χ1n) is 4.94. The minimum atomic E-state index is 0.124. The summed E-state index contributed by atoms with van der Waals surface area (Å²) >= 11 is 0. The number of rotatable bonds is 2. The van der Waals surface area contributed by atoms with Gasteiger partial charge in [-0.25, -0.2) is 4.79 Å². The zero-order chi connectivity index (χ0) is 9.97. The van der Waals surface area contributed by atoms with E-state index >= 15 is 0 Å². The predicted molar refractivity (Wildman–Crippen MR) is 56.4 cm³/mol. The first-order chi connectivity index (χ1) is 6.83. The average Bonchev–Trinajstić information content (AvgIpc) is 2.61. The number of carbonyl (C=O) groups is 1. The Labute approximate surface area is 83.9 Å². The minimum absolute atomic E-state index is 0.124. The first-order valence-corrected chi connectivity index (χ1v) is 4.94. The van der Waals surface area contributed by atoms with E-state index in [1.165, 1.54) is 0 Å². The highest BCUT2D eigenvalue weighted by Crippen LogP contribution is 2.18. The number of likely N-dealkylation sites (N-methyl/N-ethyl adjacent to an activating group) is 1. The van der Waals surface area contributed by atoms with Crippen LogP contribution < -0.4 is 4.90 Å². The Morgan fingerprint density at radius 2 is 1.93 bits per heavy atom. The van der Waals surface area contributed by atoms with E-state index in [-0.39, 0.29) is 6.03 Å². The van der Waals surface area contributed by atoms with Gasteiger partial charge in [-0.15, -0.1) is 0 Å². The van der Waals surface area contributed by atoms with Crippen molar-refractivity contribution in [1.82, 2.24) is 4.90 Å². The van der Waals surface area contributed by atoms with Gasteiger partial charge < -0.3 is 4.90 Å². The molecule has 1 fully saturated rings. The Morgan fingerprint density at radius 1 is 1.21 bits per heavy atom. The normalized spacial score (nSPS) is 16.5. The maximum absolute atomic E-state index is 11.8. The molecule has 14 heavy (non-hydrogen) atoms. The Morgan fingerprint density at radius 3 is 2.50 bits per heavy atom. The van der Waals surface area contributed by atoms with Crippen LogP contribution in [0, 0.1) is 0 Å². The summed E-state index contributed by atoms with van der Waals surface area (Å²) < 4.78 is 0. The van der Waals surface area contributed by atoms with Gasteiger partial charge in [0.1, 0.15) is 0 Å². The van der Waals surface area contributed by atoms with Crippen LogP contribution in [0.4, 0.5) is 10.5 Å². The third kappa shape index (κ3) is 1.45. The lowest BCUT2D eigenvalue weighted by Crippen LogP contribution is -2.31. The van der Waals surface area contributed by atoms with Crippen molar-refractivity contribution in [1.29, 1.82) is 0 Å². The number of nitrogens with zero attached hydrogens (tertiary/aromatic N) is 2. The van der Waals surface area contributed by atoms with Crippen LogP contribution >= 0.6 is 0 Å². The van der Waals surface area contributed by atoms with Crippen molar-refractivity contribution in [2.45, 2.75) is 6.92 Å². The molecule has 1 aromatic rings. The molecule has 1 aliphatic rings. The van der Waals surface area contributed by atoms with E-state index in [2.05, 4.69) is 0 Å². The van der Waals surface area contributed by atoms with E-state index in [1.807, 2.05) is 47.1 Å². The number of urea groups is 1. The van der Waals surface area contributed by atoms with Crippen molar-refractivity contribution in [2.75, 3.05) is 24.5 Å².